The van der Waals surface area contributed by atoms with Crippen LogP contribution in [0.5, 0.6) is 0 Å². The van der Waals surface area contributed by atoms with Crippen LogP contribution in [0, 0.1) is 0 Å². The molecule has 2 aromatic heterocycles. The van der Waals surface area contributed by atoms with Gasteiger partial charge in [0.1, 0.15) is 4.88 Å². The maximum atomic E-state index is 12.0. The van der Waals surface area contributed by atoms with E-state index >= 15 is 0 Å². The molecule has 0 unspecified atom stereocenters. The molecule has 268 valence electrons. The summed E-state index contributed by atoms with van der Waals surface area (Å²) in [7, 11) is -8.61. The first-order valence-electron chi connectivity index (χ1n) is 16.9. The van der Waals surface area contributed by atoms with Gasteiger partial charge in [-0.05, 0) is 106 Å². The van der Waals surface area contributed by atoms with Crippen LogP contribution in [-0.4, -0.2) is 36.2 Å². The standard InChI is InChI=1S/C42H35NO6S4/c1-5-37-27(2)35(41-42(3,4)36-26-34(53(47,48)49)21-22-38(36)43(37)41)25-32-18-17-31(50-32)14-10-9-11-28-23-39(29-12-7-6-8-13-29)51-40(24-28)30-15-19-33(20-16-30)52(44,45)46/h6-26H,5H2,1-4H3/p+2. The van der Waals surface area contributed by atoms with Crippen LogP contribution in [0.4, 0.5) is 5.69 Å². The van der Waals surface area contributed by atoms with Crippen LogP contribution in [0.15, 0.2) is 136 Å². The number of allylic oxidation sites excluding steroid dienone is 5. The Balaban J connectivity index is 1.16. The summed E-state index contributed by atoms with van der Waals surface area (Å²) in [5.41, 5.74) is 8.82. The van der Waals surface area contributed by atoms with Gasteiger partial charge in [-0.2, -0.15) is 21.4 Å². The van der Waals surface area contributed by atoms with Crippen molar-refractivity contribution in [2.75, 3.05) is 0 Å². The number of hydrogen-bond acceptors (Lipinski definition) is 6. The van der Waals surface area contributed by atoms with Crippen molar-refractivity contribution in [3.8, 4) is 20.9 Å². The fourth-order valence-electron chi connectivity index (χ4n) is 7.03. The summed E-state index contributed by atoms with van der Waals surface area (Å²) in [6.45, 7) is 8.47. The molecular weight excluding hydrogens is 743 g/mol. The molecule has 0 amide bonds. The first kappa shape index (κ1) is 36.7. The lowest BCUT2D eigenvalue weighted by molar-refractivity contribution is -0.380. The van der Waals surface area contributed by atoms with Gasteiger partial charge in [-0.3, -0.25) is 9.11 Å². The number of benzene rings is 3. The van der Waals surface area contributed by atoms with Gasteiger partial charge in [0.05, 0.1) is 31.2 Å². The van der Waals surface area contributed by atoms with Crippen LogP contribution in [0.2, 0.25) is 0 Å². The van der Waals surface area contributed by atoms with Crippen molar-refractivity contribution in [2.24, 2.45) is 0 Å². The van der Waals surface area contributed by atoms with E-state index in [1.54, 1.807) is 46.9 Å². The molecule has 0 bridgehead atoms. The zero-order chi connectivity index (χ0) is 37.7. The SMILES string of the molecule is CCC1=C(C)C(=Cc2ccc(C=CC=Cc3cc(-c4ccc(S(=O)(=O)O)cc4)s[c+](-c4ccccc4)c3)s2)C2=[N+]1c1ccc(S(=O)(=O)O)cc1C2(C)C. The molecule has 0 aliphatic carbocycles. The van der Waals surface area contributed by atoms with E-state index in [0.29, 0.717) is 0 Å². The Labute approximate surface area is 318 Å². The topological polar surface area (TPSA) is 112 Å². The van der Waals surface area contributed by atoms with Crippen molar-refractivity contribution in [2.45, 2.75) is 49.3 Å². The lowest BCUT2D eigenvalue weighted by Crippen LogP contribution is -2.28. The lowest BCUT2D eigenvalue weighted by atomic mass is 9.77. The van der Waals surface area contributed by atoms with Crippen molar-refractivity contribution in [3.05, 3.63) is 147 Å². The molecule has 0 atom stereocenters. The minimum absolute atomic E-state index is 0.0999. The highest BCUT2D eigenvalue weighted by Gasteiger charge is 2.53. The van der Waals surface area contributed by atoms with E-state index in [2.05, 4.69) is 80.8 Å². The Bertz CT molecular complexity index is 2660. The van der Waals surface area contributed by atoms with Gasteiger partial charge < -0.3 is 0 Å². The van der Waals surface area contributed by atoms with Gasteiger partial charge in [-0.1, -0.05) is 30.4 Å². The Morgan fingerprint density at radius 3 is 2.15 bits per heavy atom. The third-order valence-electron chi connectivity index (χ3n) is 9.60. The van der Waals surface area contributed by atoms with Crippen molar-refractivity contribution in [1.82, 2.24) is 0 Å². The van der Waals surface area contributed by atoms with Crippen molar-refractivity contribution < 1.29 is 30.5 Å². The molecule has 11 heteroatoms. The summed E-state index contributed by atoms with van der Waals surface area (Å²) in [4.78, 5) is 3.96. The number of fused-ring (bicyclic) bond motifs is 2. The van der Waals surface area contributed by atoms with Crippen molar-refractivity contribution >= 4 is 72.5 Å². The Hall–Kier alpha value is -4.62. The summed E-state index contributed by atoms with van der Waals surface area (Å²) in [5.74, 6) is 0. The number of hydrogen-bond donors (Lipinski definition) is 2. The molecule has 3 aromatic carbocycles. The molecule has 4 heterocycles. The van der Waals surface area contributed by atoms with Crippen LogP contribution >= 0.6 is 22.7 Å². The Kier molecular flexibility index (Phi) is 9.69. The van der Waals surface area contributed by atoms with Crippen molar-refractivity contribution in [1.29, 1.82) is 0 Å². The number of nitrogens with zero attached hydrogens (tertiary/aromatic N) is 1. The smallest absolute Gasteiger partial charge is 0.282 e. The normalized spacial score (nSPS) is 16.4. The molecule has 0 radical (unpaired) electrons. The maximum Gasteiger partial charge on any atom is 0.294 e. The average molecular weight is 780 g/mol. The van der Waals surface area contributed by atoms with E-state index in [-0.39, 0.29) is 9.79 Å². The molecule has 2 aliphatic heterocycles. The Morgan fingerprint density at radius 2 is 1.47 bits per heavy atom. The van der Waals surface area contributed by atoms with E-state index in [9.17, 15) is 25.9 Å². The summed E-state index contributed by atoms with van der Waals surface area (Å²) >= 11 is 3.28. The van der Waals surface area contributed by atoms with Gasteiger partial charge in [0.2, 0.25) is 11.4 Å². The molecule has 0 spiro atoms. The Morgan fingerprint density at radius 1 is 0.811 bits per heavy atom. The summed E-state index contributed by atoms with van der Waals surface area (Å²) in [5, 5.41) is 0. The predicted octanol–water partition coefficient (Wildman–Crippen LogP) is 10.8. The van der Waals surface area contributed by atoms with Crippen LogP contribution in [-0.2, 0) is 25.7 Å². The summed E-state index contributed by atoms with van der Waals surface area (Å²) in [6.07, 6.45) is 11.2. The third-order valence-corrected chi connectivity index (χ3v) is 13.5. The molecule has 53 heavy (non-hydrogen) atoms. The highest BCUT2D eigenvalue weighted by molar-refractivity contribution is 7.86. The summed E-state index contributed by atoms with van der Waals surface area (Å²) in [6, 6.07) is 29.6. The highest BCUT2D eigenvalue weighted by atomic mass is 32.2. The van der Waals surface area contributed by atoms with Crippen LogP contribution in [0.1, 0.15) is 55.0 Å². The highest BCUT2D eigenvalue weighted by Crippen LogP contribution is 2.50. The first-order valence-corrected chi connectivity index (χ1v) is 21.4. The monoisotopic (exact) mass is 779 g/mol. The van der Waals surface area contributed by atoms with E-state index < -0.39 is 25.7 Å². The van der Waals surface area contributed by atoms with Crippen LogP contribution < -0.4 is 0 Å². The molecule has 5 aromatic rings. The molecule has 0 saturated carbocycles. The molecule has 0 fully saturated rings. The average Bonchev–Trinajstić information content (AvgIpc) is 3.77. The van der Waals surface area contributed by atoms with Gasteiger partial charge in [-0.15, -0.1) is 11.3 Å². The lowest BCUT2D eigenvalue weighted by Gasteiger charge is -2.18. The second-order valence-electron chi connectivity index (χ2n) is 13.4. The fourth-order valence-corrected chi connectivity index (χ4v) is 10.0. The molecule has 2 aliphatic rings. The second-order valence-corrected chi connectivity index (χ2v) is 18.5. The van der Waals surface area contributed by atoms with Crippen LogP contribution in [0.25, 0.3) is 39.1 Å². The van der Waals surface area contributed by atoms with E-state index in [1.165, 1.54) is 29.5 Å². The largest absolute Gasteiger partial charge is 0.294 e. The third kappa shape index (κ3) is 7.20. The van der Waals surface area contributed by atoms with Gasteiger partial charge in [0.15, 0.2) is 5.70 Å². The van der Waals surface area contributed by atoms with E-state index in [1.807, 2.05) is 36.4 Å². The van der Waals surface area contributed by atoms with Crippen LogP contribution in [0.3, 0.4) is 0 Å². The predicted molar refractivity (Wildman–Crippen MR) is 217 cm³/mol. The second kappa shape index (κ2) is 14.0. The summed E-state index contributed by atoms with van der Waals surface area (Å²) < 4.78 is 68.6. The molecule has 0 saturated heterocycles. The van der Waals surface area contributed by atoms with Crippen molar-refractivity contribution in [3.63, 3.8) is 0 Å². The zero-order valence-corrected chi connectivity index (χ0v) is 32.7. The van der Waals surface area contributed by atoms with Gasteiger partial charge in [0.25, 0.3) is 20.2 Å². The van der Waals surface area contributed by atoms with E-state index in [4.69, 9.17) is 0 Å². The van der Waals surface area contributed by atoms with E-state index in [0.717, 1.165) is 65.2 Å². The number of rotatable bonds is 9. The van der Waals surface area contributed by atoms with Gasteiger partial charge in [-0.25, -0.2) is 0 Å². The maximum absolute atomic E-state index is 12.0. The van der Waals surface area contributed by atoms with Gasteiger partial charge >= 0.3 is 0 Å². The molecule has 7 nitrogen and oxygen atoms in total. The molecule has 7 rings (SSSR count). The van der Waals surface area contributed by atoms with Gasteiger partial charge in [0, 0.05) is 68.8 Å². The molecular formula is C42H37NO6S4+2. The minimum atomic E-state index is -4.33. The quantitative estimate of drug-likeness (QED) is 0.0667. The zero-order valence-electron chi connectivity index (χ0n) is 29.4. The first-order chi connectivity index (χ1) is 25.1. The number of thiophene rings is 1. The minimum Gasteiger partial charge on any atom is -0.282 e. The fraction of sp³-hybridized carbons (Fsp3) is 0.143. The molecule has 2 N–H and O–H groups in total.